The van der Waals surface area contributed by atoms with E-state index in [0.29, 0.717) is 11.6 Å². The lowest BCUT2D eigenvalue weighted by Crippen LogP contribution is -2.31. The van der Waals surface area contributed by atoms with Gasteiger partial charge in [-0.05, 0) is 77.9 Å². The predicted molar refractivity (Wildman–Crippen MR) is 156 cm³/mol. The molecule has 0 spiro atoms. The van der Waals surface area contributed by atoms with Crippen molar-refractivity contribution in [3.05, 3.63) is 101 Å². The number of hydrogen-bond donors (Lipinski definition) is 2. The van der Waals surface area contributed by atoms with Crippen molar-refractivity contribution in [1.82, 2.24) is 14.9 Å². The van der Waals surface area contributed by atoms with Crippen molar-refractivity contribution >= 4 is 11.6 Å². The fourth-order valence-corrected chi connectivity index (χ4v) is 5.21. The first kappa shape index (κ1) is 27.7. The van der Waals surface area contributed by atoms with Gasteiger partial charge in [0.15, 0.2) is 0 Å². The summed E-state index contributed by atoms with van der Waals surface area (Å²) in [6.45, 7) is 6.00. The lowest BCUT2D eigenvalue weighted by atomic mass is 9.91. The van der Waals surface area contributed by atoms with Crippen molar-refractivity contribution in [2.45, 2.75) is 58.5 Å². The minimum atomic E-state index is -0.0198. The Hall–Kier alpha value is -3.28. The molecule has 0 fully saturated rings. The molecular formula is C32H38ClN3O2. The maximum Gasteiger partial charge on any atom is 0.119 e. The third-order valence-corrected chi connectivity index (χ3v) is 7.37. The van der Waals surface area contributed by atoms with E-state index in [-0.39, 0.29) is 11.8 Å². The third-order valence-electron chi connectivity index (χ3n) is 7.01. The van der Waals surface area contributed by atoms with Gasteiger partial charge in [0, 0.05) is 17.8 Å². The quantitative estimate of drug-likeness (QED) is 0.182. The summed E-state index contributed by atoms with van der Waals surface area (Å²) in [5, 5.41) is 10.5. The number of benzene rings is 3. The van der Waals surface area contributed by atoms with Gasteiger partial charge < -0.3 is 14.8 Å². The first-order valence-corrected chi connectivity index (χ1v) is 13.9. The molecule has 0 aliphatic heterocycles. The number of unbranched alkanes of at least 4 members (excludes halogenated alkanes) is 2. The molecule has 38 heavy (non-hydrogen) atoms. The monoisotopic (exact) mass is 531 g/mol. The zero-order valence-corrected chi connectivity index (χ0v) is 23.3. The van der Waals surface area contributed by atoms with Gasteiger partial charge in [0.1, 0.15) is 11.5 Å². The fraction of sp³-hybridized carbons (Fsp3) is 0.344. The molecule has 0 radical (unpaired) electrons. The maximum atomic E-state index is 9.89. The number of ether oxygens (including phenoxy) is 1. The lowest BCUT2D eigenvalue weighted by molar-refractivity contribution is 0.210. The maximum absolute atomic E-state index is 9.89. The normalized spacial score (nSPS) is 12.1. The van der Waals surface area contributed by atoms with Gasteiger partial charge in [-0.25, -0.2) is 4.98 Å². The van der Waals surface area contributed by atoms with Crippen molar-refractivity contribution in [2.24, 2.45) is 0 Å². The molecule has 1 heterocycles. The Bertz CT molecular complexity index is 1310. The Morgan fingerprint density at radius 1 is 1.00 bits per heavy atom. The molecule has 0 aliphatic rings. The summed E-state index contributed by atoms with van der Waals surface area (Å²) in [5.74, 6) is 1.04. The summed E-state index contributed by atoms with van der Waals surface area (Å²) in [5.41, 5.74) is 7.00. The van der Waals surface area contributed by atoms with Gasteiger partial charge in [-0.2, -0.15) is 0 Å². The minimum absolute atomic E-state index is 0.0198. The second-order valence-electron chi connectivity index (χ2n) is 9.76. The predicted octanol–water partition coefficient (Wildman–Crippen LogP) is 8.18. The number of aromatic hydroxyl groups is 1. The van der Waals surface area contributed by atoms with Crippen molar-refractivity contribution in [1.29, 1.82) is 0 Å². The van der Waals surface area contributed by atoms with Gasteiger partial charge in [0.25, 0.3) is 0 Å². The molecular weight excluding hydrogens is 494 g/mol. The van der Waals surface area contributed by atoms with E-state index >= 15 is 0 Å². The highest BCUT2D eigenvalue weighted by Gasteiger charge is 2.25. The lowest BCUT2D eigenvalue weighted by Gasteiger charge is -2.32. The van der Waals surface area contributed by atoms with Crippen LogP contribution in [0.5, 0.6) is 11.5 Å². The number of nitrogens with zero attached hydrogens (tertiary/aromatic N) is 2. The summed E-state index contributed by atoms with van der Waals surface area (Å²) < 4.78 is 5.51. The van der Waals surface area contributed by atoms with E-state index in [4.69, 9.17) is 16.3 Å². The van der Waals surface area contributed by atoms with E-state index in [2.05, 4.69) is 59.0 Å². The molecule has 6 heteroatoms. The highest BCUT2D eigenvalue weighted by atomic mass is 35.5. The molecule has 3 aromatic carbocycles. The summed E-state index contributed by atoms with van der Waals surface area (Å²) in [6, 6.07) is 20.4. The molecule has 2 N–H and O–H groups in total. The third kappa shape index (κ3) is 6.77. The van der Waals surface area contributed by atoms with Crippen molar-refractivity contribution < 1.29 is 9.84 Å². The molecule has 0 amide bonds. The van der Waals surface area contributed by atoms with Gasteiger partial charge in [0.05, 0.1) is 25.2 Å². The second-order valence-corrected chi connectivity index (χ2v) is 10.2. The Labute approximate surface area is 231 Å². The van der Waals surface area contributed by atoms with Gasteiger partial charge in [-0.15, -0.1) is 0 Å². The van der Waals surface area contributed by atoms with Crippen LogP contribution in [0.4, 0.5) is 0 Å². The highest BCUT2D eigenvalue weighted by molar-refractivity contribution is 6.31. The van der Waals surface area contributed by atoms with Crippen LogP contribution >= 0.6 is 11.6 Å². The Kier molecular flexibility index (Phi) is 9.85. The SMILES string of the molecule is CCCCc1cc(C(c2cnc[nH]2)N(CCCC)Cc2ccc(O)cc2Cl)ccc1-c1cccc(OC)c1. The van der Waals surface area contributed by atoms with Gasteiger partial charge in [-0.1, -0.05) is 74.7 Å². The number of halogens is 1. The van der Waals surface area contributed by atoms with Crippen molar-refractivity contribution in [3.63, 3.8) is 0 Å². The number of aromatic nitrogens is 2. The zero-order valence-electron chi connectivity index (χ0n) is 22.6. The van der Waals surface area contributed by atoms with Gasteiger partial charge in [0.2, 0.25) is 0 Å². The van der Waals surface area contributed by atoms with Crippen LogP contribution in [0.3, 0.4) is 0 Å². The zero-order chi connectivity index (χ0) is 26.9. The number of rotatable bonds is 13. The molecule has 0 bridgehead atoms. The molecule has 0 saturated heterocycles. The van der Waals surface area contributed by atoms with E-state index in [1.165, 1.54) is 22.3 Å². The average molecular weight is 532 g/mol. The van der Waals surface area contributed by atoms with E-state index < -0.39 is 0 Å². The van der Waals surface area contributed by atoms with E-state index in [1.807, 2.05) is 24.4 Å². The average Bonchev–Trinajstić information content (AvgIpc) is 3.46. The Balaban J connectivity index is 1.79. The van der Waals surface area contributed by atoms with E-state index in [0.717, 1.165) is 55.7 Å². The fourth-order valence-electron chi connectivity index (χ4n) is 4.98. The first-order chi connectivity index (χ1) is 18.5. The van der Waals surface area contributed by atoms with Crippen LogP contribution in [0.1, 0.15) is 68.0 Å². The molecule has 4 rings (SSSR count). The van der Waals surface area contributed by atoms with Crippen LogP contribution in [0, 0.1) is 0 Å². The summed E-state index contributed by atoms with van der Waals surface area (Å²) in [6.07, 6.45) is 9.08. The number of imidazole rings is 1. The van der Waals surface area contributed by atoms with Crippen LogP contribution in [0.2, 0.25) is 5.02 Å². The highest BCUT2D eigenvalue weighted by Crippen LogP contribution is 2.35. The van der Waals surface area contributed by atoms with Crippen LogP contribution in [-0.2, 0) is 13.0 Å². The van der Waals surface area contributed by atoms with Crippen LogP contribution in [-0.4, -0.2) is 33.6 Å². The molecule has 200 valence electrons. The molecule has 1 aromatic heterocycles. The van der Waals surface area contributed by atoms with E-state index in [9.17, 15) is 5.11 Å². The molecule has 4 aromatic rings. The number of hydrogen-bond acceptors (Lipinski definition) is 4. The van der Waals surface area contributed by atoms with Crippen LogP contribution in [0.25, 0.3) is 11.1 Å². The number of aryl methyl sites for hydroxylation is 1. The van der Waals surface area contributed by atoms with Crippen molar-refractivity contribution in [3.8, 4) is 22.6 Å². The first-order valence-electron chi connectivity index (χ1n) is 13.5. The molecule has 5 nitrogen and oxygen atoms in total. The molecule has 0 aliphatic carbocycles. The number of aromatic amines is 1. The number of methoxy groups -OCH3 is 1. The Morgan fingerprint density at radius 2 is 1.84 bits per heavy atom. The molecule has 0 saturated carbocycles. The molecule has 1 unspecified atom stereocenters. The number of nitrogens with one attached hydrogen (secondary N) is 1. The minimum Gasteiger partial charge on any atom is -0.508 e. The van der Waals surface area contributed by atoms with E-state index in [1.54, 1.807) is 25.6 Å². The van der Waals surface area contributed by atoms with Crippen LogP contribution < -0.4 is 4.74 Å². The van der Waals surface area contributed by atoms with Crippen molar-refractivity contribution in [2.75, 3.05) is 13.7 Å². The number of H-pyrrole nitrogens is 1. The van der Waals surface area contributed by atoms with Crippen LogP contribution in [0.15, 0.2) is 73.2 Å². The Morgan fingerprint density at radius 3 is 2.55 bits per heavy atom. The molecule has 1 atom stereocenters. The smallest absolute Gasteiger partial charge is 0.119 e. The van der Waals surface area contributed by atoms with Gasteiger partial charge >= 0.3 is 0 Å². The largest absolute Gasteiger partial charge is 0.508 e. The summed E-state index contributed by atoms with van der Waals surface area (Å²) in [7, 11) is 1.71. The topological polar surface area (TPSA) is 61.4 Å². The summed E-state index contributed by atoms with van der Waals surface area (Å²) >= 11 is 6.56. The number of phenolic OH excluding ortho intramolecular Hbond substituents is 1. The summed E-state index contributed by atoms with van der Waals surface area (Å²) in [4.78, 5) is 10.2. The van der Waals surface area contributed by atoms with Gasteiger partial charge in [-0.3, -0.25) is 4.90 Å². The standard InChI is InChI=1S/C32H38ClN3O2/c1-4-6-9-23-17-25(13-15-29(23)24-10-8-11-28(18-24)38-3)32(31-20-34-22-35-31)36(16-7-5-2)21-26-12-14-27(37)19-30(26)33/h8,10-15,17-20,22,32,37H,4-7,9,16,21H2,1-3H3,(H,34,35). The number of phenols is 1. The second kappa shape index (κ2) is 13.5.